The summed E-state index contributed by atoms with van der Waals surface area (Å²) in [5.41, 5.74) is 1.43. The molecule has 7 nitrogen and oxygen atoms in total. The lowest BCUT2D eigenvalue weighted by Crippen LogP contribution is -2.40. The Kier molecular flexibility index (Phi) is 6.77. The summed E-state index contributed by atoms with van der Waals surface area (Å²) in [5, 5.41) is 9.01. The summed E-state index contributed by atoms with van der Waals surface area (Å²) < 4.78 is 10.5. The average Bonchev–Trinajstić information content (AvgIpc) is 3.05. The van der Waals surface area contributed by atoms with Gasteiger partial charge in [0.2, 0.25) is 0 Å². The van der Waals surface area contributed by atoms with Gasteiger partial charge in [0.15, 0.2) is 11.8 Å². The maximum atomic E-state index is 12.1. The zero-order valence-corrected chi connectivity index (χ0v) is 15.5. The molecule has 1 atom stereocenters. The van der Waals surface area contributed by atoms with E-state index in [1.807, 2.05) is 24.3 Å². The first-order chi connectivity index (χ1) is 12.4. The number of benzene rings is 1. The minimum Gasteiger partial charge on any atom is -0.481 e. The van der Waals surface area contributed by atoms with Crippen LogP contribution < -0.4 is 15.4 Å². The Morgan fingerprint density at radius 3 is 2.35 bits per heavy atom. The molecule has 0 radical (unpaired) electrons. The summed E-state index contributed by atoms with van der Waals surface area (Å²) in [7, 11) is 0. The summed E-state index contributed by atoms with van der Waals surface area (Å²) in [6.07, 6.45) is -0.631. The highest BCUT2D eigenvalue weighted by Crippen LogP contribution is 2.19. The molecule has 0 saturated carbocycles. The number of rotatable bonds is 8. The number of carbonyl (C=O) groups excluding carboxylic acids is 2. The van der Waals surface area contributed by atoms with Crippen LogP contribution in [0.2, 0.25) is 0 Å². The Hall–Kier alpha value is -2.83. The number of nitrogens with zero attached hydrogens (tertiary/aromatic N) is 1. The number of aryl methyl sites for hydroxylation is 1. The Balaban J connectivity index is 1.70. The highest BCUT2D eigenvalue weighted by atomic mass is 16.5. The SMILES string of the molecule is Cc1cc(C(=O)NCCNC(=O)C(C)Oc2ccc(C(C)C)cc2)no1. The zero-order valence-electron chi connectivity index (χ0n) is 15.5. The molecular weight excluding hydrogens is 334 g/mol. The van der Waals surface area contributed by atoms with Gasteiger partial charge in [0.1, 0.15) is 11.5 Å². The lowest BCUT2D eigenvalue weighted by atomic mass is 10.0. The lowest BCUT2D eigenvalue weighted by molar-refractivity contribution is -0.127. The molecule has 0 aliphatic rings. The van der Waals surface area contributed by atoms with Crippen molar-refractivity contribution < 1.29 is 18.8 Å². The zero-order chi connectivity index (χ0) is 19.1. The molecule has 7 heteroatoms. The Morgan fingerprint density at radius 1 is 1.12 bits per heavy atom. The van der Waals surface area contributed by atoms with Gasteiger partial charge in [-0.05, 0) is 37.5 Å². The van der Waals surface area contributed by atoms with Crippen LogP contribution in [0.15, 0.2) is 34.9 Å². The lowest BCUT2D eigenvalue weighted by Gasteiger charge is -2.15. The number of ether oxygens (including phenoxy) is 1. The molecular formula is C19H25N3O4. The van der Waals surface area contributed by atoms with Gasteiger partial charge in [-0.3, -0.25) is 9.59 Å². The number of aromatic nitrogens is 1. The standard InChI is InChI=1S/C19H25N3O4/c1-12(2)15-5-7-16(8-6-15)25-14(4)18(23)20-9-10-21-19(24)17-11-13(3)26-22-17/h5-8,11-12,14H,9-10H2,1-4H3,(H,20,23)(H,21,24). The fourth-order valence-corrected chi connectivity index (χ4v) is 2.26. The van der Waals surface area contributed by atoms with E-state index >= 15 is 0 Å². The predicted octanol–water partition coefficient (Wildman–Crippen LogP) is 2.42. The van der Waals surface area contributed by atoms with E-state index < -0.39 is 6.10 Å². The van der Waals surface area contributed by atoms with E-state index in [0.717, 1.165) is 0 Å². The van der Waals surface area contributed by atoms with Crippen LogP contribution in [-0.2, 0) is 4.79 Å². The summed E-state index contributed by atoms with van der Waals surface area (Å²) in [5.74, 6) is 1.07. The monoisotopic (exact) mass is 359 g/mol. The number of carbonyl (C=O) groups is 2. The van der Waals surface area contributed by atoms with Gasteiger partial charge in [-0.25, -0.2) is 0 Å². The summed E-state index contributed by atoms with van der Waals surface area (Å²) >= 11 is 0. The summed E-state index contributed by atoms with van der Waals surface area (Å²) in [6, 6.07) is 9.25. The largest absolute Gasteiger partial charge is 0.481 e. The van der Waals surface area contributed by atoms with Crippen molar-refractivity contribution >= 4 is 11.8 Å². The van der Waals surface area contributed by atoms with E-state index in [2.05, 4.69) is 29.6 Å². The number of amides is 2. The maximum absolute atomic E-state index is 12.1. The first kappa shape index (κ1) is 19.5. The molecule has 26 heavy (non-hydrogen) atoms. The number of nitrogens with one attached hydrogen (secondary N) is 2. The number of hydrogen-bond donors (Lipinski definition) is 2. The normalized spacial score (nSPS) is 11.9. The van der Waals surface area contributed by atoms with E-state index in [1.165, 1.54) is 5.56 Å². The Bertz CT molecular complexity index is 737. The molecule has 0 fully saturated rings. The molecule has 2 amide bonds. The smallest absolute Gasteiger partial charge is 0.273 e. The van der Waals surface area contributed by atoms with Crippen LogP contribution in [0.3, 0.4) is 0 Å². The van der Waals surface area contributed by atoms with Crippen molar-refractivity contribution in [3.8, 4) is 5.75 Å². The van der Waals surface area contributed by atoms with Crippen LogP contribution in [0.4, 0.5) is 0 Å². The molecule has 0 aliphatic carbocycles. The van der Waals surface area contributed by atoms with Crippen molar-refractivity contribution in [3.05, 3.63) is 47.3 Å². The second-order valence-corrected chi connectivity index (χ2v) is 6.35. The number of hydrogen-bond acceptors (Lipinski definition) is 5. The fourth-order valence-electron chi connectivity index (χ4n) is 2.26. The Morgan fingerprint density at radius 2 is 1.77 bits per heavy atom. The van der Waals surface area contributed by atoms with Crippen molar-refractivity contribution in [1.29, 1.82) is 0 Å². The van der Waals surface area contributed by atoms with Gasteiger partial charge in [0.25, 0.3) is 11.8 Å². The van der Waals surface area contributed by atoms with Gasteiger partial charge in [-0.15, -0.1) is 0 Å². The predicted molar refractivity (Wildman–Crippen MR) is 97.2 cm³/mol. The molecule has 1 unspecified atom stereocenters. The molecule has 1 aromatic carbocycles. The van der Waals surface area contributed by atoms with Gasteiger partial charge in [0.05, 0.1) is 0 Å². The molecule has 2 N–H and O–H groups in total. The Labute approximate surface area is 153 Å². The van der Waals surface area contributed by atoms with E-state index in [-0.39, 0.29) is 24.1 Å². The van der Waals surface area contributed by atoms with Crippen LogP contribution in [-0.4, -0.2) is 36.2 Å². The third kappa shape index (κ3) is 5.61. The first-order valence-electron chi connectivity index (χ1n) is 8.62. The van der Waals surface area contributed by atoms with E-state index in [1.54, 1.807) is 19.9 Å². The topological polar surface area (TPSA) is 93.5 Å². The molecule has 140 valence electrons. The highest BCUT2D eigenvalue weighted by molar-refractivity contribution is 5.92. The second-order valence-electron chi connectivity index (χ2n) is 6.35. The third-order valence-electron chi connectivity index (χ3n) is 3.80. The minimum atomic E-state index is -0.631. The second kappa shape index (κ2) is 9.03. The van der Waals surface area contributed by atoms with E-state index in [0.29, 0.717) is 24.0 Å². The van der Waals surface area contributed by atoms with E-state index in [4.69, 9.17) is 9.26 Å². The molecule has 2 rings (SSSR count). The minimum absolute atomic E-state index is 0.218. The van der Waals surface area contributed by atoms with Gasteiger partial charge in [-0.2, -0.15) is 0 Å². The van der Waals surface area contributed by atoms with Crippen LogP contribution in [0, 0.1) is 6.92 Å². The molecule has 0 spiro atoms. The van der Waals surface area contributed by atoms with E-state index in [9.17, 15) is 9.59 Å². The van der Waals surface area contributed by atoms with Crippen molar-refractivity contribution in [2.24, 2.45) is 0 Å². The van der Waals surface area contributed by atoms with Crippen LogP contribution >= 0.6 is 0 Å². The van der Waals surface area contributed by atoms with Crippen molar-refractivity contribution in [1.82, 2.24) is 15.8 Å². The van der Waals surface area contributed by atoms with Crippen LogP contribution in [0.25, 0.3) is 0 Å². The first-order valence-corrected chi connectivity index (χ1v) is 8.62. The van der Waals surface area contributed by atoms with Gasteiger partial charge < -0.3 is 19.9 Å². The molecule has 1 aromatic heterocycles. The fraction of sp³-hybridized carbons (Fsp3) is 0.421. The van der Waals surface area contributed by atoms with Crippen molar-refractivity contribution in [2.45, 2.75) is 39.7 Å². The molecule has 0 bridgehead atoms. The molecule has 1 heterocycles. The van der Waals surface area contributed by atoms with Crippen molar-refractivity contribution in [3.63, 3.8) is 0 Å². The van der Waals surface area contributed by atoms with Gasteiger partial charge in [-0.1, -0.05) is 31.1 Å². The van der Waals surface area contributed by atoms with Crippen molar-refractivity contribution in [2.75, 3.05) is 13.1 Å². The van der Waals surface area contributed by atoms with Gasteiger partial charge in [0, 0.05) is 19.2 Å². The third-order valence-corrected chi connectivity index (χ3v) is 3.80. The van der Waals surface area contributed by atoms with Gasteiger partial charge >= 0.3 is 0 Å². The maximum Gasteiger partial charge on any atom is 0.273 e. The molecule has 2 aromatic rings. The molecule has 0 saturated heterocycles. The van der Waals surface area contributed by atoms with Crippen LogP contribution in [0.5, 0.6) is 5.75 Å². The average molecular weight is 359 g/mol. The van der Waals surface area contributed by atoms with Crippen LogP contribution in [0.1, 0.15) is 48.5 Å². The quantitative estimate of drug-likeness (QED) is 0.706. The summed E-state index contributed by atoms with van der Waals surface area (Å²) in [6.45, 7) is 8.21. The highest BCUT2D eigenvalue weighted by Gasteiger charge is 2.15. The summed E-state index contributed by atoms with van der Waals surface area (Å²) in [4.78, 5) is 23.8. The molecule has 0 aliphatic heterocycles.